The average molecular weight is 254 g/mol. The van der Waals surface area contributed by atoms with Gasteiger partial charge in [0.05, 0.1) is 6.61 Å². The molecule has 0 heterocycles. The molecule has 106 valence electrons. The SMILES string of the molecule is CCC/C=C(\CC)C(=O)OC[C@@H](CC)CCCC. The standard InChI is InChI=1S/C16H30O2/c1-5-9-11-14(7-3)13-18-16(17)15(8-4)12-10-6-2/h12,14H,5-11,13H2,1-4H3/b15-12+/t14-/m0/s1. The second-order valence-electron chi connectivity index (χ2n) is 4.89. The highest BCUT2D eigenvalue weighted by molar-refractivity contribution is 5.88. The number of hydrogen-bond donors (Lipinski definition) is 0. The Hall–Kier alpha value is -0.790. The van der Waals surface area contributed by atoms with Crippen LogP contribution in [0.15, 0.2) is 11.6 Å². The first-order chi connectivity index (χ1) is 8.69. The summed E-state index contributed by atoms with van der Waals surface area (Å²) in [5.74, 6) is 0.416. The maximum atomic E-state index is 11.9. The average Bonchev–Trinajstić information content (AvgIpc) is 2.39. The zero-order valence-corrected chi connectivity index (χ0v) is 12.6. The van der Waals surface area contributed by atoms with Gasteiger partial charge in [0.25, 0.3) is 0 Å². The molecule has 18 heavy (non-hydrogen) atoms. The third-order valence-electron chi connectivity index (χ3n) is 3.32. The van der Waals surface area contributed by atoms with Crippen LogP contribution in [0.1, 0.15) is 72.6 Å². The number of ether oxygens (including phenoxy) is 1. The van der Waals surface area contributed by atoms with E-state index in [0.717, 1.165) is 31.3 Å². The van der Waals surface area contributed by atoms with Crippen LogP contribution < -0.4 is 0 Å². The van der Waals surface area contributed by atoms with Crippen LogP contribution in [0.25, 0.3) is 0 Å². The predicted molar refractivity (Wildman–Crippen MR) is 77.5 cm³/mol. The summed E-state index contributed by atoms with van der Waals surface area (Å²) in [6.45, 7) is 9.08. The van der Waals surface area contributed by atoms with Gasteiger partial charge in [-0.15, -0.1) is 0 Å². The molecular formula is C16H30O2. The highest BCUT2D eigenvalue weighted by Crippen LogP contribution is 2.14. The maximum Gasteiger partial charge on any atom is 0.333 e. The van der Waals surface area contributed by atoms with Crippen molar-refractivity contribution in [2.45, 2.75) is 72.6 Å². The Labute approximate surface area is 113 Å². The van der Waals surface area contributed by atoms with E-state index in [1.54, 1.807) is 0 Å². The molecule has 0 radical (unpaired) electrons. The topological polar surface area (TPSA) is 26.3 Å². The minimum atomic E-state index is -0.110. The fourth-order valence-corrected chi connectivity index (χ4v) is 1.87. The van der Waals surface area contributed by atoms with Crippen LogP contribution in [-0.2, 0) is 9.53 Å². The summed E-state index contributed by atoms with van der Waals surface area (Å²) in [5.41, 5.74) is 0.835. The lowest BCUT2D eigenvalue weighted by Crippen LogP contribution is -2.15. The molecule has 1 atom stereocenters. The molecule has 0 unspecified atom stereocenters. The predicted octanol–water partition coefficient (Wildman–Crippen LogP) is 4.88. The summed E-state index contributed by atoms with van der Waals surface area (Å²) in [4.78, 5) is 11.9. The van der Waals surface area contributed by atoms with Gasteiger partial charge in [0.15, 0.2) is 0 Å². The van der Waals surface area contributed by atoms with E-state index in [1.165, 1.54) is 19.3 Å². The molecular weight excluding hydrogens is 224 g/mol. The van der Waals surface area contributed by atoms with Gasteiger partial charge in [-0.1, -0.05) is 59.5 Å². The van der Waals surface area contributed by atoms with Gasteiger partial charge < -0.3 is 4.74 Å². The van der Waals surface area contributed by atoms with Crippen LogP contribution in [0.2, 0.25) is 0 Å². The summed E-state index contributed by atoms with van der Waals surface area (Å²) >= 11 is 0. The smallest absolute Gasteiger partial charge is 0.333 e. The van der Waals surface area contributed by atoms with Crippen molar-refractivity contribution >= 4 is 5.97 Å². The lowest BCUT2D eigenvalue weighted by molar-refractivity contribution is -0.140. The summed E-state index contributed by atoms with van der Waals surface area (Å²) in [6.07, 6.45) is 9.52. The van der Waals surface area contributed by atoms with Crippen LogP contribution in [0.5, 0.6) is 0 Å². The molecule has 0 saturated heterocycles. The van der Waals surface area contributed by atoms with Crippen molar-refractivity contribution in [1.29, 1.82) is 0 Å². The lowest BCUT2D eigenvalue weighted by Gasteiger charge is -2.15. The van der Waals surface area contributed by atoms with Gasteiger partial charge in [0.2, 0.25) is 0 Å². The Kier molecular flexibility index (Phi) is 10.8. The highest BCUT2D eigenvalue weighted by atomic mass is 16.5. The second kappa shape index (κ2) is 11.3. The van der Waals surface area contributed by atoms with Gasteiger partial charge in [-0.05, 0) is 25.2 Å². The Balaban J connectivity index is 4.12. The van der Waals surface area contributed by atoms with E-state index < -0.39 is 0 Å². The Morgan fingerprint density at radius 2 is 1.89 bits per heavy atom. The lowest BCUT2D eigenvalue weighted by atomic mass is 10.0. The third-order valence-corrected chi connectivity index (χ3v) is 3.32. The molecule has 0 rings (SSSR count). The summed E-state index contributed by atoms with van der Waals surface area (Å²) in [7, 11) is 0. The molecule has 2 nitrogen and oxygen atoms in total. The summed E-state index contributed by atoms with van der Waals surface area (Å²) in [6, 6.07) is 0. The summed E-state index contributed by atoms with van der Waals surface area (Å²) < 4.78 is 5.43. The molecule has 0 bridgehead atoms. The number of hydrogen-bond acceptors (Lipinski definition) is 2. The number of carbonyl (C=O) groups excluding carboxylic acids is 1. The maximum absolute atomic E-state index is 11.9. The molecule has 0 aliphatic carbocycles. The molecule has 0 aromatic carbocycles. The van der Waals surface area contributed by atoms with Crippen LogP contribution in [0.4, 0.5) is 0 Å². The van der Waals surface area contributed by atoms with Crippen molar-refractivity contribution in [1.82, 2.24) is 0 Å². The molecule has 0 aromatic rings. The molecule has 0 aromatic heterocycles. The summed E-state index contributed by atoms with van der Waals surface area (Å²) in [5, 5.41) is 0. The quantitative estimate of drug-likeness (QED) is 0.410. The van der Waals surface area contributed by atoms with E-state index in [4.69, 9.17) is 4.74 Å². The van der Waals surface area contributed by atoms with Gasteiger partial charge in [0.1, 0.15) is 0 Å². The third kappa shape index (κ3) is 7.52. The number of carbonyl (C=O) groups is 1. The molecule has 0 aliphatic heterocycles. The van der Waals surface area contributed by atoms with Gasteiger partial charge in [-0.2, -0.15) is 0 Å². The van der Waals surface area contributed by atoms with E-state index in [0.29, 0.717) is 12.5 Å². The zero-order valence-electron chi connectivity index (χ0n) is 12.6. The van der Waals surface area contributed by atoms with Crippen molar-refractivity contribution in [3.05, 3.63) is 11.6 Å². The molecule has 0 amide bonds. The van der Waals surface area contributed by atoms with Crippen molar-refractivity contribution < 1.29 is 9.53 Å². The van der Waals surface area contributed by atoms with Gasteiger partial charge in [-0.25, -0.2) is 4.79 Å². The molecule has 2 heteroatoms. The normalized spacial score (nSPS) is 13.4. The van der Waals surface area contributed by atoms with Crippen molar-refractivity contribution in [3.63, 3.8) is 0 Å². The second-order valence-corrected chi connectivity index (χ2v) is 4.89. The first-order valence-corrected chi connectivity index (χ1v) is 7.55. The van der Waals surface area contributed by atoms with E-state index in [-0.39, 0.29) is 5.97 Å². The number of unbranched alkanes of at least 4 members (excludes halogenated alkanes) is 2. The van der Waals surface area contributed by atoms with Crippen molar-refractivity contribution in [2.24, 2.45) is 5.92 Å². The number of rotatable bonds is 10. The largest absolute Gasteiger partial charge is 0.462 e. The monoisotopic (exact) mass is 254 g/mol. The van der Waals surface area contributed by atoms with Crippen molar-refractivity contribution in [2.75, 3.05) is 6.61 Å². The Morgan fingerprint density at radius 1 is 1.17 bits per heavy atom. The first-order valence-electron chi connectivity index (χ1n) is 7.55. The fourth-order valence-electron chi connectivity index (χ4n) is 1.87. The molecule has 0 N–H and O–H groups in total. The highest BCUT2D eigenvalue weighted by Gasteiger charge is 2.12. The van der Waals surface area contributed by atoms with E-state index >= 15 is 0 Å². The van der Waals surface area contributed by atoms with E-state index in [9.17, 15) is 4.79 Å². The van der Waals surface area contributed by atoms with Crippen LogP contribution >= 0.6 is 0 Å². The Morgan fingerprint density at radius 3 is 2.39 bits per heavy atom. The van der Waals surface area contributed by atoms with Crippen LogP contribution in [0.3, 0.4) is 0 Å². The van der Waals surface area contributed by atoms with Gasteiger partial charge >= 0.3 is 5.97 Å². The minimum Gasteiger partial charge on any atom is -0.462 e. The first kappa shape index (κ1) is 17.2. The molecule has 0 aliphatic rings. The molecule has 0 saturated carbocycles. The van der Waals surface area contributed by atoms with Crippen molar-refractivity contribution in [3.8, 4) is 0 Å². The molecule has 0 fully saturated rings. The fraction of sp³-hybridized carbons (Fsp3) is 0.812. The van der Waals surface area contributed by atoms with E-state index in [2.05, 4.69) is 20.8 Å². The van der Waals surface area contributed by atoms with Gasteiger partial charge in [-0.3, -0.25) is 0 Å². The van der Waals surface area contributed by atoms with Crippen LogP contribution in [0, 0.1) is 5.92 Å². The minimum absolute atomic E-state index is 0.110. The Bertz CT molecular complexity index is 243. The van der Waals surface area contributed by atoms with Crippen LogP contribution in [-0.4, -0.2) is 12.6 Å². The van der Waals surface area contributed by atoms with E-state index in [1.807, 2.05) is 13.0 Å². The zero-order chi connectivity index (χ0) is 13.8. The van der Waals surface area contributed by atoms with Gasteiger partial charge in [0, 0.05) is 5.57 Å². The molecule has 0 spiro atoms. The number of allylic oxidation sites excluding steroid dienone is 1. The number of esters is 1.